The van der Waals surface area contributed by atoms with Crippen molar-refractivity contribution in [2.45, 2.75) is 20.3 Å². The molecule has 0 unspecified atom stereocenters. The second-order valence-electron chi connectivity index (χ2n) is 5.88. The summed E-state index contributed by atoms with van der Waals surface area (Å²) in [5.74, 6) is 0. The van der Waals surface area contributed by atoms with E-state index in [0.717, 1.165) is 27.7 Å². The molecular formula is C18H19N3O2. The molecule has 3 aromatic rings. The van der Waals surface area contributed by atoms with E-state index in [4.69, 9.17) is 5.73 Å². The molecular weight excluding hydrogens is 290 g/mol. The molecule has 2 aromatic carbocycles. The summed E-state index contributed by atoms with van der Waals surface area (Å²) in [6.07, 6.45) is 0.670. The molecule has 5 heteroatoms. The average molecular weight is 309 g/mol. The van der Waals surface area contributed by atoms with Crippen LogP contribution < -0.4 is 5.73 Å². The lowest BCUT2D eigenvalue weighted by molar-refractivity contribution is -0.384. The van der Waals surface area contributed by atoms with E-state index in [1.165, 1.54) is 17.2 Å². The largest absolute Gasteiger partial charge is 0.354 e. The highest BCUT2D eigenvalue weighted by atomic mass is 16.6. The Morgan fingerprint density at radius 1 is 1.13 bits per heavy atom. The molecule has 3 rings (SSSR count). The third kappa shape index (κ3) is 2.83. The molecule has 23 heavy (non-hydrogen) atoms. The third-order valence-corrected chi connectivity index (χ3v) is 4.01. The summed E-state index contributed by atoms with van der Waals surface area (Å²) >= 11 is 0. The second-order valence-corrected chi connectivity index (χ2v) is 5.88. The monoisotopic (exact) mass is 309 g/mol. The van der Waals surface area contributed by atoms with Crippen LogP contribution in [0.1, 0.15) is 16.7 Å². The number of nitrogens with one attached hydrogen (secondary N) is 1. The van der Waals surface area contributed by atoms with Gasteiger partial charge >= 0.3 is 0 Å². The van der Waals surface area contributed by atoms with Crippen LogP contribution in [0.3, 0.4) is 0 Å². The van der Waals surface area contributed by atoms with Crippen molar-refractivity contribution in [3.63, 3.8) is 0 Å². The molecule has 0 amide bonds. The number of hydrogen-bond donors (Lipinski definition) is 2. The minimum absolute atomic E-state index is 0.0988. The van der Waals surface area contributed by atoms with Crippen LogP contribution >= 0.6 is 0 Å². The van der Waals surface area contributed by atoms with Crippen LogP contribution in [0.2, 0.25) is 0 Å². The van der Waals surface area contributed by atoms with Gasteiger partial charge in [-0.25, -0.2) is 0 Å². The lowest BCUT2D eigenvalue weighted by atomic mass is 9.99. The Balaban J connectivity index is 2.27. The first-order chi connectivity index (χ1) is 11.0. The lowest BCUT2D eigenvalue weighted by Crippen LogP contribution is -2.03. The van der Waals surface area contributed by atoms with Gasteiger partial charge in [-0.2, -0.15) is 0 Å². The van der Waals surface area contributed by atoms with Gasteiger partial charge in [0, 0.05) is 28.7 Å². The quantitative estimate of drug-likeness (QED) is 0.567. The predicted octanol–water partition coefficient (Wildman–Crippen LogP) is 3.86. The molecule has 0 fully saturated rings. The maximum atomic E-state index is 11.1. The highest BCUT2D eigenvalue weighted by Crippen LogP contribution is 2.33. The summed E-state index contributed by atoms with van der Waals surface area (Å²) in [5, 5.41) is 11.9. The van der Waals surface area contributed by atoms with Crippen LogP contribution in [0.4, 0.5) is 5.69 Å². The molecule has 0 spiro atoms. The Labute approximate surface area is 134 Å². The average Bonchev–Trinajstić information content (AvgIpc) is 2.85. The Morgan fingerprint density at radius 3 is 2.43 bits per heavy atom. The van der Waals surface area contributed by atoms with E-state index in [0.29, 0.717) is 13.0 Å². The van der Waals surface area contributed by atoms with Crippen molar-refractivity contribution in [2.75, 3.05) is 6.54 Å². The van der Waals surface area contributed by atoms with Crippen LogP contribution in [-0.4, -0.2) is 16.5 Å². The number of fused-ring (bicyclic) bond motifs is 1. The number of nitrogens with two attached hydrogens (primary N) is 1. The predicted molar refractivity (Wildman–Crippen MR) is 92.6 cm³/mol. The summed E-state index contributed by atoms with van der Waals surface area (Å²) in [6.45, 7) is 4.62. The Kier molecular flexibility index (Phi) is 3.88. The number of non-ortho nitro benzene ring substituents is 1. The van der Waals surface area contributed by atoms with Crippen molar-refractivity contribution in [2.24, 2.45) is 5.73 Å². The zero-order valence-electron chi connectivity index (χ0n) is 13.2. The molecule has 0 aliphatic heterocycles. The highest BCUT2D eigenvalue weighted by Gasteiger charge is 2.16. The van der Waals surface area contributed by atoms with E-state index in [1.807, 2.05) is 0 Å². The lowest BCUT2D eigenvalue weighted by Gasteiger charge is -2.07. The molecule has 1 aromatic heterocycles. The number of aryl methyl sites for hydroxylation is 2. The molecule has 0 radical (unpaired) electrons. The number of aromatic amines is 1. The molecule has 5 nitrogen and oxygen atoms in total. The molecule has 0 aliphatic rings. The SMILES string of the molecule is Cc1cc(C)cc(-c2[nH]c3ccc([N+](=O)[O-])cc3c2CCN)c1. The van der Waals surface area contributed by atoms with Crippen LogP contribution in [0, 0.1) is 24.0 Å². The van der Waals surface area contributed by atoms with Crippen molar-refractivity contribution in [1.82, 2.24) is 4.98 Å². The third-order valence-electron chi connectivity index (χ3n) is 4.01. The van der Waals surface area contributed by atoms with Crippen LogP contribution in [0.25, 0.3) is 22.2 Å². The van der Waals surface area contributed by atoms with Gasteiger partial charge in [0.05, 0.1) is 4.92 Å². The summed E-state index contributed by atoms with van der Waals surface area (Å²) in [6, 6.07) is 11.3. The first-order valence-corrected chi connectivity index (χ1v) is 7.57. The Hall–Kier alpha value is -2.66. The smallest absolute Gasteiger partial charge is 0.270 e. The van der Waals surface area contributed by atoms with Gasteiger partial charge in [0.1, 0.15) is 0 Å². The number of nitro groups is 1. The number of nitrogens with zero attached hydrogens (tertiary/aromatic N) is 1. The minimum atomic E-state index is -0.366. The molecule has 0 saturated heterocycles. The summed E-state index contributed by atoms with van der Waals surface area (Å²) < 4.78 is 0. The summed E-state index contributed by atoms with van der Waals surface area (Å²) in [5.41, 5.74) is 12.3. The minimum Gasteiger partial charge on any atom is -0.354 e. The Morgan fingerprint density at radius 2 is 1.83 bits per heavy atom. The van der Waals surface area contributed by atoms with Crippen molar-refractivity contribution in [3.05, 3.63) is 63.2 Å². The van der Waals surface area contributed by atoms with Crippen LogP contribution in [0.15, 0.2) is 36.4 Å². The molecule has 118 valence electrons. The number of nitro benzene ring substituents is 1. The van der Waals surface area contributed by atoms with Crippen molar-refractivity contribution < 1.29 is 4.92 Å². The van der Waals surface area contributed by atoms with Gasteiger partial charge in [-0.1, -0.05) is 17.2 Å². The van der Waals surface area contributed by atoms with E-state index < -0.39 is 0 Å². The summed E-state index contributed by atoms with van der Waals surface area (Å²) in [7, 11) is 0. The first kappa shape index (κ1) is 15.2. The van der Waals surface area contributed by atoms with E-state index in [-0.39, 0.29) is 10.6 Å². The zero-order valence-corrected chi connectivity index (χ0v) is 13.2. The topological polar surface area (TPSA) is 84.9 Å². The van der Waals surface area contributed by atoms with Gasteiger partial charge in [0.2, 0.25) is 0 Å². The van der Waals surface area contributed by atoms with Gasteiger partial charge < -0.3 is 10.7 Å². The molecule has 0 saturated carbocycles. The van der Waals surface area contributed by atoms with E-state index in [9.17, 15) is 10.1 Å². The van der Waals surface area contributed by atoms with Gasteiger partial charge in [-0.3, -0.25) is 10.1 Å². The van der Waals surface area contributed by atoms with Crippen molar-refractivity contribution in [1.29, 1.82) is 0 Å². The molecule has 0 bridgehead atoms. The summed E-state index contributed by atoms with van der Waals surface area (Å²) in [4.78, 5) is 14.1. The first-order valence-electron chi connectivity index (χ1n) is 7.57. The molecule has 3 N–H and O–H groups in total. The highest BCUT2D eigenvalue weighted by molar-refractivity contribution is 5.92. The Bertz CT molecular complexity index is 876. The van der Waals surface area contributed by atoms with E-state index in [1.54, 1.807) is 12.1 Å². The normalized spacial score (nSPS) is 11.1. The molecule has 1 heterocycles. The maximum Gasteiger partial charge on any atom is 0.270 e. The van der Waals surface area contributed by atoms with E-state index in [2.05, 4.69) is 37.0 Å². The van der Waals surface area contributed by atoms with Crippen LogP contribution in [0.5, 0.6) is 0 Å². The standard InChI is InChI=1S/C18H19N3O2/c1-11-7-12(2)9-13(8-11)18-15(5-6-19)16-10-14(21(22)23)3-4-17(16)20-18/h3-4,7-10,20H,5-6,19H2,1-2H3. The fourth-order valence-corrected chi connectivity index (χ4v) is 3.12. The number of H-pyrrole nitrogens is 1. The number of hydrogen-bond acceptors (Lipinski definition) is 3. The van der Waals surface area contributed by atoms with Crippen LogP contribution in [-0.2, 0) is 6.42 Å². The zero-order chi connectivity index (χ0) is 16.6. The van der Waals surface area contributed by atoms with Crippen molar-refractivity contribution in [3.8, 4) is 11.3 Å². The van der Waals surface area contributed by atoms with Gasteiger partial charge in [0.15, 0.2) is 0 Å². The molecule has 0 atom stereocenters. The number of benzene rings is 2. The number of rotatable bonds is 4. The van der Waals surface area contributed by atoms with E-state index >= 15 is 0 Å². The maximum absolute atomic E-state index is 11.1. The van der Waals surface area contributed by atoms with Gasteiger partial charge in [-0.05, 0) is 56.1 Å². The fraction of sp³-hybridized carbons (Fsp3) is 0.222. The fourth-order valence-electron chi connectivity index (χ4n) is 3.12. The molecule has 0 aliphatic carbocycles. The number of aromatic nitrogens is 1. The van der Waals surface area contributed by atoms with Crippen molar-refractivity contribution >= 4 is 16.6 Å². The van der Waals surface area contributed by atoms with Gasteiger partial charge in [-0.15, -0.1) is 0 Å². The van der Waals surface area contributed by atoms with Gasteiger partial charge in [0.25, 0.3) is 5.69 Å². The second kappa shape index (κ2) is 5.85.